The largest absolute Gasteiger partial charge is 0.316 e. The second-order valence-corrected chi connectivity index (χ2v) is 3.32. The van der Waals surface area contributed by atoms with Crippen LogP contribution < -0.4 is 5.32 Å². The third-order valence-electron chi connectivity index (χ3n) is 2.20. The molecule has 1 atom stereocenters. The van der Waals surface area contributed by atoms with Gasteiger partial charge in [-0.15, -0.1) is 0 Å². The van der Waals surface area contributed by atoms with Crippen LogP contribution in [-0.2, 0) is 0 Å². The SMILES string of the molecule is CCCC=CC1CCCNC1. The van der Waals surface area contributed by atoms with Crippen molar-refractivity contribution in [1.82, 2.24) is 5.32 Å². The van der Waals surface area contributed by atoms with Crippen molar-refractivity contribution in [2.45, 2.75) is 32.6 Å². The molecule has 1 aliphatic rings. The van der Waals surface area contributed by atoms with Crippen molar-refractivity contribution in [2.75, 3.05) is 13.1 Å². The van der Waals surface area contributed by atoms with Gasteiger partial charge in [-0.25, -0.2) is 0 Å². The van der Waals surface area contributed by atoms with Crippen LogP contribution in [0, 0.1) is 5.92 Å². The number of unbranched alkanes of at least 4 members (excludes halogenated alkanes) is 1. The monoisotopic (exact) mass is 153 g/mol. The lowest BCUT2D eigenvalue weighted by molar-refractivity contribution is 0.438. The first-order chi connectivity index (χ1) is 5.43. The maximum atomic E-state index is 3.41. The maximum Gasteiger partial charge on any atom is 0.00142 e. The standard InChI is InChI=1S/C10H19N/c1-2-3-4-6-10-7-5-8-11-9-10/h4,6,10-11H,2-3,5,7-9H2,1H3. The average molecular weight is 153 g/mol. The molecule has 0 aliphatic carbocycles. The van der Waals surface area contributed by atoms with Gasteiger partial charge in [0.1, 0.15) is 0 Å². The lowest BCUT2D eigenvalue weighted by atomic mass is 9.99. The van der Waals surface area contributed by atoms with Gasteiger partial charge in [0.05, 0.1) is 0 Å². The summed E-state index contributed by atoms with van der Waals surface area (Å²) in [4.78, 5) is 0. The molecule has 64 valence electrons. The van der Waals surface area contributed by atoms with Gasteiger partial charge in [0, 0.05) is 6.54 Å². The van der Waals surface area contributed by atoms with Crippen molar-refractivity contribution < 1.29 is 0 Å². The fourth-order valence-corrected chi connectivity index (χ4v) is 1.50. The van der Waals surface area contributed by atoms with E-state index in [0.717, 1.165) is 5.92 Å². The van der Waals surface area contributed by atoms with E-state index in [-0.39, 0.29) is 0 Å². The molecule has 0 bridgehead atoms. The van der Waals surface area contributed by atoms with Crippen molar-refractivity contribution in [1.29, 1.82) is 0 Å². The second kappa shape index (κ2) is 5.36. The van der Waals surface area contributed by atoms with Crippen LogP contribution in [0.5, 0.6) is 0 Å². The van der Waals surface area contributed by atoms with Gasteiger partial charge < -0.3 is 5.32 Å². The molecule has 1 heterocycles. The van der Waals surface area contributed by atoms with E-state index >= 15 is 0 Å². The van der Waals surface area contributed by atoms with Crippen molar-refractivity contribution in [3.63, 3.8) is 0 Å². The van der Waals surface area contributed by atoms with E-state index in [1.807, 2.05) is 0 Å². The number of nitrogens with one attached hydrogen (secondary N) is 1. The molecule has 1 nitrogen and oxygen atoms in total. The highest BCUT2D eigenvalue weighted by molar-refractivity contribution is 4.90. The van der Waals surface area contributed by atoms with Crippen LogP contribution in [0.3, 0.4) is 0 Å². The molecule has 0 aromatic rings. The Balaban J connectivity index is 2.13. The minimum absolute atomic E-state index is 0.815. The smallest absolute Gasteiger partial charge is 0.00142 e. The normalized spacial score (nSPS) is 26.1. The second-order valence-electron chi connectivity index (χ2n) is 3.32. The Morgan fingerprint density at radius 2 is 2.45 bits per heavy atom. The van der Waals surface area contributed by atoms with Crippen LogP contribution in [0.4, 0.5) is 0 Å². The summed E-state index contributed by atoms with van der Waals surface area (Å²) in [6.07, 6.45) is 9.97. The fraction of sp³-hybridized carbons (Fsp3) is 0.800. The summed E-state index contributed by atoms with van der Waals surface area (Å²) < 4.78 is 0. The summed E-state index contributed by atoms with van der Waals surface area (Å²) in [5.41, 5.74) is 0. The van der Waals surface area contributed by atoms with Gasteiger partial charge in [0.25, 0.3) is 0 Å². The predicted molar refractivity (Wildman–Crippen MR) is 49.6 cm³/mol. The molecule has 0 aromatic carbocycles. The van der Waals surface area contributed by atoms with E-state index in [2.05, 4.69) is 24.4 Å². The quantitative estimate of drug-likeness (QED) is 0.614. The lowest BCUT2D eigenvalue weighted by Crippen LogP contribution is -2.28. The highest BCUT2D eigenvalue weighted by Crippen LogP contribution is 2.11. The minimum atomic E-state index is 0.815. The molecule has 1 rings (SSSR count). The van der Waals surface area contributed by atoms with Crippen molar-refractivity contribution in [3.8, 4) is 0 Å². The minimum Gasteiger partial charge on any atom is -0.316 e. The Hall–Kier alpha value is -0.300. The molecule has 0 aromatic heterocycles. The number of allylic oxidation sites excluding steroid dienone is 1. The van der Waals surface area contributed by atoms with E-state index in [9.17, 15) is 0 Å². The van der Waals surface area contributed by atoms with E-state index in [1.54, 1.807) is 0 Å². The molecule has 1 unspecified atom stereocenters. The number of hydrogen-bond donors (Lipinski definition) is 1. The molecule has 0 spiro atoms. The zero-order chi connectivity index (χ0) is 7.94. The van der Waals surface area contributed by atoms with Crippen LogP contribution in [0.1, 0.15) is 32.6 Å². The molecule has 1 fully saturated rings. The molecule has 11 heavy (non-hydrogen) atoms. The Bertz CT molecular complexity index is 112. The van der Waals surface area contributed by atoms with Gasteiger partial charge in [-0.05, 0) is 31.7 Å². The Morgan fingerprint density at radius 3 is 3.09 bits per heavy atom. The third kappa shape index (κ3) is 3.57. The van der Waals surface area contributed by atoms with Gasteiger partial charge >= 0.3 is 0 Å². The molecule has 1 N–H and O–H groups in total. The molecule has 0 saturated carbocycles. The summed E-state index contributed by atoms with van der Waals surface area (Å²) in [6.45, 7) is 4.64. The zero-order valence-electron chi connectivity index (χ0n) is 7.47. The van der Waals surface area contributed by atoms with Gasteiger partial charge in [0.15, 0.2) is 0 Å². The van der Waals surface area contributed by atoms with Crippen LogP contribution in [0.25, 0.3) is 0 Å². The van der Waals surface area contributed by atoms with E-state index in [4.69, 9.17) is 0 Å². The third-order valence-corrected chi connectivity index (χ3v) is 2.20. The average Bonchev–Trinajstić information content (AvgIpc) is 2.07. The predicted octanol–water partition coefficient (Wildman–Crippen LogP) is 2.34. The van der Waals surface area contributed by atoms with Gasteiger partial charge in [-0.3, -0.25) is 0 Å². The van der Waals surface area contributed by atoms with Crippen LogP contribution in [0.2, 0.25) is 0 Å². The summed E-state index contributed by atoms with van der Waals surface area (Å²) >= 11 is 0. The topological polar surface area (TPSA) is 12.0 Å². The van der Waals surface area contributed by atoms with Gasteiger partial charge in [-0.1, -0.05) is 25.5 Å². The maximum absolute atomic E-state index is 3.41. The van der Waals surface area contributed by atoms with E-state index in [0.29, 0.717) is 0 Å². The lowest BCUT2D eigenvalue weighted by Gasteiger charge is -2.19. The van der Waals surface area contributed by atoms with Crippen LogP contribution in [-0.4, -0.2) is 13.1 Å². The number of rotatable bonds is 3. The summed E-state index contributed by atoms with van der Waals surface area (Å²) in [5.74, 6) is 0.815. The summed E-state index contributed by atoms with van der Waals surface area (Å²) in [5, 5.41) is 3.41. The number of piperidine rings is 1. The fourth-order valence-electron chi connectivity index (χ4n) is 1.50. The molecule has 0 amide bonds. The Morgan fingerprint density at radius 1 is 1.55 bits per heavy atom. The van der Waals surface area contributed by atoms with Crippen LogP contribution >= 0.6 is 0 Å². The summed E-state index contributed by atoms with van der Waals surface area (Å²) in [6, 6.07) is 0. The highest BCUT2D eigenvalue weighted by atomic mass is 14.9. The zero-order valence-corrected chi connectivity index (χ0v) is 7.47. The van der Waals surface area contributed by atoms with Gasteiger partial charge in [0.2, 0.25) is 0 Å². The Labute approximate surface area is 69.9 Å². The first-order valence-corrected chi connectivity index (χ1v) is 4.81. The Kier molecular flexibility index (Phi) is 4.29. The molecule has 1 saturated heterocycles. The number of hydrogen-bond acceptors (Lipinski definition) is 1. The van der Waals surface area contributed by atoms with E-state index < -0.39 is 0 Å². The summed E-state index contributed by atoms with van der Waals surface area (Å²) in [7, 11) is 0. The van der Waals surface area contributed by atoms with Crippen LogP contribution in [0.15, 0.2) is 12.2 Å². The molecule has 0 radical (unpaired) electrons. The van der Waals surface area contributed by atoms with E-state index in [1.165, 1.54) is 38.8 Å². The molecule has 1 heteroatoms. The molecule has 1 aliphatic heterocycles. The highest BCUT2D eigenvalue weighted by Gasteiger charge is 2.07. The first kappa shape index (κ1) is 8.79. The van der Waals surface area contributed by atoms with Crippen molar-refractivity contribution in [2.24, 2.45) is 5.92 Å². The first-order valence-electron chi connectivity index (χ1n) is 4.81. The van der Waals surface area contributed by atoms with Crippen molar-refractivity contribution in [3.05, 3.63) is 12.2 Å². The van der Waals surface area contributed by atoms with Crippen molar-refractivity contribution >= 4 is 0 Å². The van der Waals surface area contributed by atoms with Gasteiger partial charge in [-0.2, -0.15) is 0 Å². The molecular formula is C10H19N. The molecular weight excluding hydrogens is 134 g/mol.